The summed E-state index contributed by atoms with van der Waals surface area (Å²) in [5.41, 5.74) is 4.19. The fourth-order valence-electron chi connectivity index (χ4n) is 2.58. The van der Waals surface area contributed by atoms with Gasteiger partial charge in [0.1, 0.15) is 17.4 Å². The topological polar surface area (TPSA) is 108 Å². The van der Waals surface area contributed by atoms with Crippen LogP contribution in [0.15, 0.2) is 12.1 Å². The van der Waals surface area contributed by atoms with Gasteiger partial charge in [0.2, 0.25) is 10.0 Å². The minimum absolute atomic E-state index is 0.0507. The van der Waals surface area contributed by atoms with Crippen molar-refractivity contribution in [2.45, 2.75) is 6.18 Å². The van der Waals surface area contributed by atoms with Gasteiger partial charge in [-0.25, -0.2) is 13.1 Å². The van der Waals surface area contributed by atoms with Crippen LogP contribution >= 0.6 is 23.2 Å². The van der Waals surface area contributed by atoms with Crippen LogP contribution in [0.5, 0.6) is 0 Å². The van der Waals surface area contributed by atoms with Gasteiger partial charge in [0.25, 0.3) is 0 Å². The molecule has 2 rings (SSSR count). The second-order valence-corrected chi connectivity index (χ2v) is 9.25. The minimum atomic E-state index is -4.69. The highest BCUT2D eigenvalue weighted by Crippen LogP contribution is 2.40. The zero-order chi connectivity index (χ0) is 23.0. The van der Waals surface area contributed by atoms with E-state index in [9.17, 15) is 26.9 Å². The van der Waals surface area contributed by atoms with E-state index in [1.165, 1.54) is 0 Å². The number of nitrogens with zero attached hydrogens (tertiary/aromatic N) is 5. The van der Waals surface area contributed by atoms with Crippen LogP contribution in [-0.2, 0) is 16.2 Å². The molecule has 0 radical (unpaired) electrons. The molecule has 0 saturated heterocycles. The zero-order valence-electron chi connectivity index (χ0n) is 16.0. The highest BCUT2D eigenvalue weighted by Gasteiger charge is 2.34. The SMILES string of the molecule is CN(C)CCN(c1c(C#N)nn(-c2c(Cl)cc(C(F)(F)F)cc2Cl)c1N)S(C)(=O)=O. The summed E-state index contributed by atoms with van der Waals surface area (Å²) in [4.78, 5) is 1.72. The average molecular weight is 485 g/mol. The Labute approximate surface area is 181 Å². The molecule has 0 aliphatic carbocycles. The number of rotatable bonds is 6. The first kappa shape index (κ1) is 24.1. The number of nitrogen functional groups attached to an aromatic ring is 1. The smallest absolute Gasteiger partial charge is 0.382 e. The highest BCUT2D eigenvalue weighted by molar-refractivity contribution is 7.92. The van der Waals surface area contributed by atoms with Gasteiger partial charge in [-0.3, -0.25) is 4.31 Å². The van der Waals surface area contributed by atoms with Crippen molar-refractivity contribution in [3.63, 3.8) is 0 Å². The molecular formula is C16H17Cl2F3N6O2S. The second-order valence-electron chi connectivity index (χ2n) is 6.53. The van der Waals surface area contributed by atoms with Crippen LogP contribution in [0.2, 0.25) is 10.0 Å². The van der Waals surface area contributed by atoms with Crippen molar-refractivity contribution in [2.24, 2.45) is 0 Å². The number of nitrogens with two attached hydrogens (primary N) is 1. The number of anilines is 2. The van der Waals surface area contributed by atoms with Crippen molar-refractivity contribution in [1.29, 1.82) is 5.26 Å². The summed E-state index contributed by atoms with van der Waals surface area (Å²) in [6.45, 7) is 0.245. The number of halogens is 5. The maximum Gasteiger partial charge on any atom is 0.416 e. The molecule has 30 heavy (non-hydrogen) atoms. The number of nitriles is 1. The Kier molecular flexibility index (Phi) is 6.82. The lowest BCUT2D eigenvalue weighted by molar-refractivity contribution is -0.137. The Balaban J connectivity index is 2.73. The van der Waals surface area contributed by atoms with E-state index in [1.54, 1.807) is 25.1 Å². The van der Waals surface area contributed by atoms with Crippen LogP contribution in [0.25, 0.3) is 5.69 Å². The fourth-order valence-corrected chi connectivity index (χ4v) is 4.15. The van der Waals surface area contributed by atoms with E-state index in [4.69, 9.17) is 28.9 Å². The Morgan fingerprint density at radius 3 is 2.17 bits per heavy atom. The van der Waals surface area contributed by atoms with Crippen molar-refractivity contribution in [2.75, 3.05) is 43.5 Å². The number of hydrogen-bond acceptors (Lipinski definition) is 6. The molecule has 0 unspecified atom stereocenters. The first-order chi connectivity index (χ1) is 13.7. The molecule has 14 heteroatoms. The first-order valence-electron chi connectivity index (χ1n) is 8.16. The molecule has 0 amide bonds. The molecule has 0 bridgehead atoms. The predicted molar refractivity (Wildman–Crippen MR) is 108 cm³/mol. The monoisotopic (exact) mass is 484 g/mol. The van der Waals surface area contributed by atoms with Gasteiger partial charge in [-0.2, -0.15) is 23.5 Å². The van der Waals surface area contributed by atoms with Crippen LogP contribution in [-0.4, -0.2) is 56.5 Å². The Morgan fingerprint density at radius 1 is 1.23 bits per heavy atom. The maximum absolute atomic E-state index is 13.0. The van der Waals surface area contributed by atoms with Crippen molar-refractivity contribution in [3.8, 4) is 11.8 Å². The van der Waals surface area contributed by atoms with Gasteiger partial charge in [0, 0.05) is 13.1 Å². The second kappa shape index (κ2) is 8.50. The molecule has 1 heterocycles. The van der Waals surface area contributed by atoms with Gasteiger partial charge < -0.3 is 10.6 Å². The third-order valence-electron chi connectivity index (χ3n) is 3.96. The number of likely N-dealkylation sites (N-methyl/N-ethyl adjacent to an activating group) is 1. The van der Waals surface area contributed by atoms with Gasteiger partial charge in [0.05, 0.1) is 21.9 Å². The lowest BCUT2D eigenvalue weighted by atomic mass is 10.2. The summed E-state index contributed by atoms with van der Waals surface area (Å²) in [5.74, 6) is -0.320. The Hall–Kier alpha value is -2.20. The summed E-state index contributed by atoms with van der Waals surface area (Å²) in [5, 5.41) is 12.5. The number of alkyl halides is 3. The van der Waals surface area contributed by atoms with Crippen molar-refractivity contribution < 1.29 is 21.6 Å². The van der Waals surface area contributed by atoms with E-state index in [-0.39, 0.29) is 29.4 Å². The van der Waals surface area contributed by atoms with Gasteiger partial charge in [-0.1, -0.05) is 23.2 Å². The standard InChI is InChI=1S/C16H17Cl2F3N6O2S/c1-25(2)4-5-26(30(3,28)29)14-12(8-22)24-27(15(14)23)13-10(17)6-9(7-11(13)18)16(19,20)21/h6-7H,4-5,23H2,1-3H3. The summed E-state index contributed by atoms with van der Waals surface area (Å²) in [6, 6.07) is 3.01. The lowest BCUT2D eigenvalue weighted by Gasteiger charge is -2.23. The van der Waals surface area contributed by atoms with Crippen molar-refractivity contribution in [1.82, 2.24) is 14.7 Å². The quantitative estimate of drug-likeness (QED) is 0.674. The zero-order valence-corrected chi connectivity index (χ0v) is 18.3. The van der Waals surface area contributed by atoms with Crippen LogP contribution in [0.3, 0.4) is 0 Å². The van der Waals surface area contributed by atoms with Crippen molar-refractivity contribution >= 4 is 44.7 Å². The first-order valence-corrected chi connectivity index (χ1v) is 10.8. The van der Waals surface area contributed by atoms with E-state index in [0.717, 1.165) is 15.2 Å². The maximum atomic E-state index is 13.0. The molecule has 2 N–H and O–H groups in total. The molecule has 8 nitrogen and oxygen atoms in total. The minimum Gasteiger partial charge on any atom is -0.382 e. The van der Waals surface area contributed by atoms with Gasteiger partial charge in [-0.15, -0.1) is 0 Å². The molecule has 0 saturated carbocycles. The summed E-state index contributed by atoms with van der Waals surface area (Å²) >= 11 is 12.0. The van der Waals surface area contributed by atoms with E-state index >= 15 is 0 Å². The largest absolute Gasteiger partial charge is 0.416 e. The highest BCUT2D eigenvalue weighted by atomic mass is 35.5. The summed E-state index contributed by atoms with van der Waals surface area (Å²) < 4.78 is 65.4. The number of hydrogen-bond donors (Lipinski definition) is 1. The van der Waals surface area contributed by atoms with Gasteiger partial charge >= 0.3 is 6.18 Å². The van der Waals surface area contributed by atoms with Gasteiger partial charge in [-0.05, 0) is 26.2 Å². The van der Waals surface area contributed by atoms with Crippen LogP contribution in [0, 0.1) is 11.3 Å². The molecule has 164 valence electrons. The lowest BCUT2D eigenvalue weighted by Crippen LogP contribution is -2.36. The molecule has 1 aromatic heterocycles. The van der Waals surface area contributed by atoms with E-state index < -0.39 is 31.8 Å². The van der Waals surface area contributed by atoms with Gasteiger partial charge in [0.15, 0.2) is 11.5 Å². The van der Waals surface area contributed by atoms with Crippen molar-refractivity contribution in [3.05, 3.63) is 33.4 Å². The number of aromatic nitrogens is 2. The third-order valence-corrected chi connectivity index (χ3v) is 5.70. The number of benzene rings is 1. The molecule has 0 atom stereocenters. The molecule has 0 fully saturated rings. The fraction of sp³-hybridized carbons (Fsp3) is 0.375. The molecule has 1 aromatic carbocycles. The Bertz CT molecular complexity index is 1090. The van der Waals surface area contributed by atoms with Crippen LogP contribution in [0.1, 0.15) is 11.3 Å². The third kappa shape index (κ3) is 4.92. The van der Waals surface area contributed by atoms with E-state index in [0.29, 0.717) is 18.7 Å². The van der Waals surface area contributed by atoms with Crippen LogP contribution in [0.4, 0.5) is 24.7 Å². The van der Waals surface area contributed by atoms with Crippen LogP contribution < -0.4 is 10.0 Å². The summed E-state index contributed by atoms with van der Waals surface area (Å²) in [6.07, 6.45) is -3.76. The molecule has 0 aliphatic rings. The molecular weight excluding hydrogens is 468 g/mol. The predicted octanol–water partition coefficient (Wildman–Crippen LogP) is 2.98. The van der Waals surface area contributed by atoms with E-state index in [2.05, 4.69) is 5.10 Å². The molecule has 0 aliphatic heterocycles. The number of sulfonamides is 1. The summed E-state index contributed by atoms with van der Waals surface area (Å²) in [7, 11) is -0.432. The van der Waals surface area contributed by atoms with E-state index in [1.807, 2.05) is 0 Å². The molecule has 2 aromatic rings. The Morgan fingerprint density at radius 2 is 1.77 bits per heavy atom. The normalized spacial score (nSPS) is 12.3. The average Bonchev–Trinajstić information content (AvgIpc) is 2.89. The molecule has 0 spiro atoms.